The molecule has 2 aromatic rings. The van der Waals surface area contributed by atoms with E-state index in [1.807, 2.05) is 23.1 Å². The highest BCUT2D eigenvalue weighted by Crippen LogP contribution is 2.35. The summed E-state index contributed by atoms with van der Waals surface area (Å²) in [5, 5.41) is 22.9. The summed E-state index contributed by atoms with van der Waals surface area (Å²) in [6.07, 6.45) is 4.25. The van der Waals surface area contributed by atoms with Gasteiger partial charge in [0.1, 0.15) is 0 Å². The van der Waals surface area contributed by atoms with Gasteiger partial charge < -0.3 is 15.3 Å². The van der Waals surface area contributed by atoms with Gasteiger partial charge in [-0.3, -0.25) is 4.90 Å². The Kier molecular flexibility index (Phi) is 8.33. The number of nitriles is 1. The van der Waals surface area contributed by atoms with Gasteiger partial charge in [-0.15, -0.1) is 0 Å². The number of likely N-dealkylation sites (tertiary alicyclic amines) is 1. The number of halogens is 2. The Morgan fingerprint density at radius 2 is 1.91 bits per heavy atom. The Bertz CT molecular complexity index is 1050. The minimum Gasteiger partial charge on any atom is -0.392 e. The van der Waals surface area contributed by atoms with Crippen LogP contribution in [0.1, 0.15) is 49.1 Å². The zero-order valence-corrected chi connectivity index (χ0v) is 20.6. The summed E-state index contributed by atoms with van der Waals surface area (Å²) in [4.78, 5) is 17.5. The molecule has 4 rings (SSSR count). The minimum absolute atomic E-state index is 0.130. The maximum atomic E-state index is 13.3. The third-order valence-electron chi connectivity index (χ3n) is 6.96. The molecule has 2 fully saturated rings. The molecule has 1 heterocycles. The highest BCUT2D eigenvalue weighted by atomic mass is 35.5. The monoisotopic (exact) mass is 500 g/mol. The van der Waals surface area contributed by atoms with E-state index in [2.05, 4.69) is 22.4 Å². The number of nitrogens with one attached hydrogen (secondary N) is 1. The number of hydrogen-bond donors (Lipinski definition) is 2. The Morgan fingerprint density at radius 3 is 2.59 bits per heavy atom. The first-order chi connectivity index (χ1) is 16.4. The third kappa shape index (κ3) is 6.22. The van der Waals surface area contributed by atoms with Crippen LogP contribution in [0.2, 0.25) is 10.0 Å². The molecule has 8 heteroatoms. The number of carbonyl (C=O) groups is 1. The van der Waals surface area contributed by atoms with Gasteiger partial charge in [-0.05, 0) is 73.9 Å². The van der Waals surface area contributed by atoms with Gasteiger partial charge in [-0.1, -0.05) is 35.3 Å². The third-order valence-corrected chi connectivity index (χ3v) is 7.70. The second-order valence-electron chi connectivity index (χ2n) is 9.24. The first-order valence-electron chi connectivity index (χ1n) is 11.9. The maximum Gasteiger partial charge on any atom is 0.322 e. The molecule has 1 saturated carbocycles. The molecule has 34 heavy (non-hydrogen) atoms. The quantitative estimate of drug-likeness (QED) is 0.549. The van der Waals surface area contributed by atoms with Crippen molar-refractivity contribution in [2.45, 2.75) is 50.2 Å². The summed E-state index contributed by atoms with van der Waals surface area (Å²) in [6.45, 7) is 2.84. The molecular weight excluding hydrogens is 471 g/mol. The molecule has 1 aliphatic heterocycles. The van der Waals surface area contributed by atoms with E-state index in [0.29, 0.717) is 40.3 Å². The molecule has 2 aromatic carbocycles. The second kappa shape index (κ2) is 11.4. The molecule has 1 aliphatic carbocycles. The second-order valence-corrected chi connectivity index (χ2v) is 10.1. The van der Waals surface area contributed by atoms with Crippen LogP contribution < -0.4 is 5.32 Å². The fourth-order valence-electron chi connectivity index (χ4n) is 5.07. The van der Waals surface area contributed by atoms with E-state index in [0.717, 1.165) is 45.2 Å². The SMILES string of the molecule is N#Cc1cccc([C@H]2CC[C@@H](N(CCN3CC[C@@H](O)C3)C(=O)Nc3ccc(Cl)c(Cl)c3)CC2)c1. The normalized spacial score (nSPS) is 22.8. The van der Waals surface area contributed by atoms with Crippen LogP contribution in [0.5, 0.6) is 0 Å². The Morgan fingerprint density at radius 1 is 1.12 bits per heavy atom. The van der Waals surface area contributed by atoms with Crippen LogP contribution >= 0.6 is 23.2 Å². The number of carbonyl (C=O) groups excluding carboxylic acids is 1. The van der Waals surface area contributed by atoms with E-state index >= 15 is 0 Å². The van der Waals surface area contributed by atoms with E-state index in [4.69, 9.17) is 23.2 Å². The lowest BCUT2D eigenvalue weighted by Crippen LogP contribution is -2.47. The minimum atomic E-state index is -0.280. The predicted octanol–water partition coefficient (Wildman–Crippen LogP) is 5.49. The molecule has 2 N–H and O–H groups in total. The maximum absolute atomic E-state index is 13.3. The van der Waals surface area contributed by atoms with E-state index in [-0.39, 0.29) is 18.2 Å². The Labute approximate surface area is 211 Å². The van der Waals surface area contributed by atoms with Gasteiger partial charge in [0.2, 0.25) is 0 Å². The molecule has 0 unspecified atom stereocenters. The zero-order chi connectivity index (χ0) is 24.1. The lowest BCUT2D eigenvalue weighted by atomic mass is 9.81. The van der Waals surface area contributed by atoms with Crippen LogP contribution in [0.3, 0.4) is 0 Å². The standard InChI is InChI=1S/C26H30Cl2N4O2/c27-24-9-6-21(15-25(24)28)30-26(34)32(13-12-31-11-10-23(33)17-31)22-7-4-19(5-8-22)20-3-1-2-18(14-20)16-29/h1-3,6,9,14-15,19,22-23,33H,4-5,7-8,10-13,17H2,(H,30,34)/t19-,22+,23-/m1/s1. The highest BCUT2D eigenvalue weighted by Gasteiger charge is 2.31. The van der Waals surface area contributed by atoms with Gasteiger partial charge in [0.15, 0.2) is 0 Å². The van der Waals surface area contributed by atoms with E-state index < -0.39 is 0 Å². The van der Waals surface area contributed by atoms with Crippen molar-refractivity contribution in [2.75, 3.05) is 31.5 Å². The highest BCUT2D eigenvalue weighted by molar-refractivity contribution is 6.42. The smallest absolute Gasteiger partial charge is 0.322 e. The van der Waals surface area contributed by atoms with Gasteiger partial charge >= 0.3 is 6.03 Å². The Hall–Kier alpha value is -2.30. The number of anilines is 1. The van der Waals surface area contributed by atoms with Crippen molar-refractivity contribution in [1.29, 1.82) is 5.26 Å². The van der Waals surface area contributed by atoms with Gasteiger partial charge in [0.05, 0.1) is 27.8 Å². The van der Waals surface area contributed by atoms with Crippen molar-refractivity contribution in [2.24, 2.45) is 0 Å². The molecule has 6 nitrogen and oxygen atoms in total. The summed E-state index contributed by atoms with van der Waals surface area (Å²) in [7, 11) is 0. The number of β-amino-alcohol motifs (C(OH)–C–C–N with tert-alkyl or cyclic N) is 1. The number of urea groups is 1. The van der Waals surface area contributed by atoms with Crippen molar-refractivity contribution >= 4 is 34.9 Å². The van der Waals surface area contributed by atoms with Gasteiger partial charge in [0.25, 0.3) is 0 Å². The van der Waals surface area contributed by atoms with Crippen molar-refractivity contribution in [1.82, 2.24) is 9.80 Å². The van der Waals surface area contributed by atoms with Crippen LogP contribution in [-0.2, 0) is 0 Å². The van der Waals surface area contributed by atoms with E-state index in [9.17, 15) is 15.2 Å². The lowest BCUT2D eigenvalue weighted by molar-refractivity contribution is 0.143. The van der Waals surface area contributed by atoms with Crippen LogP contribution in [0.15, 0.2) is 42.5 Å². The Balaban J connectivity index is 1.43. The number of benzene rings is 2. The van der Waals surface area contributed by atoms with Crippen molar-refractivity contribution in [3.63, 3.8) is 0 Å². The summed E-state index contributed by atoms with van der Waals surface area (Å²) in [5.74, 6) is 0.401. The van der Waals surface area contributed by atoms with Gasteiger partial charge in [-0.2, -0.15) is 5.26 Å². The van der Waals surface area contributed by atoms with Crippen LogP contribution in [-0.4, -0.2) is 59.3 Å². The molecule has 2 aliphatic rings. The van der Waals surface area contributed by atoms with Crippen LogP contribution in [0, 0.1) is 11.3 Å². The number of amides is 2. The summed E-state index contributed by atoms with van der Waals surface area (Å²) in [5.41, 5.74) is 2.51. The molecule has 1 atom stereocenters. The predicted molar refractivity (Wildman–Crippen MR) is 135 cm³/mol. The number of hydrogen-bond acceptors (Lipinski definition) is 4. The summed E-state index contributed by atoms with van der Waals surface area (Å²) in [6, 6.07) is 15.2. The first-order valence-corrected chi connectivity index (χ1v) is 12.6. The van der Waals surface area contributed by atoms with Crippen LogP contribution in [0.25, 0.3) is 0 Å². The van der Waals surface area contributed by atoms with Crippen LogP contribution in [0.4, 0.5) is 10.5 Å². The molecule has 0 bridgehead atoms. The van der Waals surface area contributed by atoms with E-state index in [1.54, 1.807) is 18.2 Å². The lowest BCUT2D eigenvalue weighted by Gasteiger charge is -2.38. The van der Waals surface area contributed by atoms with Gasteiger partial charge in [-0.25, -0.2) is 4.79 Å². The van der Waals surface area contributed by atoms with Crippen molar-refractivity contribution in [3.8, 4) is 6.07 Å². The number of aliphatic hydroxyl groups is 1. The van der Waals surface area contributed by atoms with Crippen molar-refractivity contribution in [3.05, 3.63) is 63.6 Å². The summed E-state index contributed by atoms with van der Waals surface area (Å²) < 4.78 is 0. The summed E-state index contributed by atoms with van der Waals surface area (Å²) >= 11 is 12.2. The molecule has 180 valence electrons. The molecule has 0 radical (unpaired) electrons. The number of nitrogens with zero attached hydrogens (tertiary/aromatic N) is 3. The number of rotatable bonds is 6. The topological polar surface area (TPSA) is 79.6 Å². The molecular formula is C26H30Cl2N4O2. The van der Waals surface area contributed by atoms with Crippen molar-refractivity contribution < 1.29 is 9.90 Å². The fourth-order valence-corrected chi connectivity index (χ4v) is 5.36. The molecule has 1 saturated heterocycles. The average Bonchev–Trinajstić information content (AvgIpc) is 3.27. The largest absolute Gasteiger partial charge is 0.392 e. The molecule has 0 spiro atoms. The first kappa shape index (κ1) is 24.8. The molecule has 2 amide bonds. The number of aliphatic hydroxyl groups excluding tert-OH is 1. The van der Waals surface area contributed by atoms with E-state index in [1.165, 1.54) is 5.56 Å². The average molecular weight is 501 g/mol. The fraction of sp³-hybridized carbons (Fsp3) is 0.462. The van der Waals surface area contributed by atoms with Gasteiger partial charge in [0, 0.05) is 37.9 Å². The zero-order valence-electron chi connectivity index (χ0n) is 19.1. The molecule has 0 aromatic heterocycles.